The van der Waals surface area contributed by atoms with Crippen molar-refractivity contribution in [1.82, 2.24) is 15.0 Å². The molecule has 20 heavy (non-hydrogen) atoms. The topological polar surface area (TPSA) is 41.9 Å². The van der Waals surface area contributed by atoms with Crippen molar-refractivity contribution in [2.24, 2.45) is 0 Å². The van der Waals surface area contributed by atoms with Crippen molar-refractivity contribution in [2.45, 2.75) is 39.3 Å². The summed E-state index contributed by atoms with van der Waals surface area (Å²) in [6.45, 7) is 7.95. The van der Waals surface area contributed by atoms with Gasteiger partial charge in [0.05, 0.1) is 17.3 Å². The number of hydrogen-bond acceptors (Lipinski definition) is 4. The Balaban J connectivity index is 1.87. The highest BCUT2D eigenvalue weighted by Crippen LogP contribution is 2.27. The normalized spacial score (nSPS) is 14.5. The second kappa shape index (κ2) is 4.70. The highest BCUT2D eigenvalue weighted by Gasteiger charge is 2.25. The van der Waals surface area contributed by atoms with Crippen molar-refractivity contribution < 1.29 is 0 Å². The van der Waals surface area contributed by atoms with E-state index < -0.39 is 0 Å². The molecule has 1 aliphatic rings. The van der Waals surface area contributed by atoms with E-state index in [1.165, 1.54) is 5.56 Å². The molecule has 0 bridgehead atoms. The fourth-order valence-electron chi connectivity index (χ4n) is 2.23. The fourth-order valence-corrected chi connectivity index (χ4v) is 2.34. The molecule has 0 amide bonds. The zero-order valence-corrected chi connectivity index (χ0v) is 12.6. The molecule has 2 aromatic heterocycles. The van der Waals surface area contributed by atoms with Crippen molar-refractivity contribution in [2.75, 3.05) is 4.90 Å². The fraction of sp³-hybridized carbons (Fsp3) is 0.400. The van der Waals surface area contributed by atoms with E-state index in [0.717, 1.165) is 30.4 Å². The van der Waals surface area contributed by atoms with Crippen LogP contribution in [0.15, 0.2) is 24.5 Å². The second-order valence-electron chi connectivity index (χ2n) is 6.11. The van der Waals surface area contributed by atoms with E-state index in [0.29, 0.717) is 5.02 Å². The minimum atomic E-state index is -0.0268. The largest absolute Gasteiger partial charge is 0.346 e. The predicted octanol–water partition coefficient (Wildman–Crippen LogP) is 3.34. The lowest BCUT2D eigenvalue weighted by Crippen LogP contribution is -2.17. The Morgan fingerprint density at radius 1 is 1.10 bits per heavy atom. The number of pyridine rings is 1. The molecule has 2 aromatic rings. The third kappa shape index (κ3) is 2.48. The highest BCUT2D eigenvalue weighted by molar-refractivity contribution is 6.30. The number of aromatic nitrogens is 3. The molecule has 3 rings (SSSR count). The van der Waals surface area contributed by atoms with E-state index in [1.807, 2.05) is 18.3 Å². The van der Waals surface area contributed by atoms with Crippen molar-refractivity contribution in [3.05, 3.63) is 46.6 Å². The maximum absolute atomic E-state index is 5.88. The Labute approximate surface area is 123 Å². The molecule has 0 atom stereocenters. The Hall–Kier alpha value is -1.68. The zero-order chi connectivity index (χ0) is 14.3. The molecular weight excluding hydrogens is 272 g/mol. The Bertz CT molecular complexity index is 631. The van der Waals surface area contributed by atoms with Crippen molar-refractivity contribution in [1.29, 1.82) is 0 Å². The summed E-state index contributed by atoms with van der Waals surface area (Å²) >= 11 is 5.88. The highest BCUT2D eigenvalue weighted by atomic mass is 35.5. The summed E-state index contributed by atoms with van der Waals surface area (Å²) in [6, 6.07) is 3.80. The van der Waals surface area contributed by atoms with Crippen LogP contribution in [-0.4, -0.2) is 15.0 Å². The standard InChI is InChI=1S/C15H17ClN4/c1-15(2,3)14-18-6-10-8-20(9-12(10)19-14)13-5-4-11(16)7-17-13/h4-7H,8-9H2,1-3H3. The van der Waals surface area contributed by atoms with Crippen molar-refractivity contribution in [3.63, 3.8) is 0 Å². The van der Waals surface area contributed by atoms with E-state index in [-0.39, 0.29) is 5.41 Å². The minimum Gasteiger partial charge on any atom is -0.346 e. The molecule has 104 valence electrons. The average molecular weight is 289 g/mol. The molecule has 1 aliphatic heterocycles. The van der Waals surface area contributed by atoms with E-state index in [4.69, 9.17) is 16.6 Å². The van der Waals surface area contributed by atoms with Crippen molar-refractivity contribution in [3.8, 4) is 0 Å². The minimum absolute atomic E-state index is 0.0268. The number of hydrogen-bond donors (Lipinski definition) is 0. The van der Waals surface area contributed by atoms with E-state index in [2.05, 4.69) is 35.6 Å². The van der Waals surface area contributed by atoms with Crippen LogP contribution in [0.5, 0.6) is 0 Å². The molecule has 5 heteroatoms. The van der Waals surface area contributed by atoms with E-state index in [1.54, 1.807) is 6.20 Å². The first-order valence-electron chi connectivity index (χ1n) is 6.65. The van der Waals surface area contributed by atoms with Gasteiger partial charge in [0.25, 0.3) is 0 Å². The molecular formula is C15H17ClN4. The van der Waals surface area contributed by atoms with Gasteiger partial charge in [-0.05, 0) is 12.1 Å². The summed E-state index contributed by atoms with van der Waals surface area (Å²) in [7, 11) is 0. The van der Waals surface area contributed by atoms with E-state index >= 15 is 0 Å². The molecule has 0 aromatic carbocycles. The smallest absolute Gasteiger partial charge is 0.133 e. The summed E-state index contributed by atoms with van der Waals surface area (Å²) in [5.41, 5.74) is 2.25. The number of nitrogens with zero attached hydrogens (tertiary/aromatic N) is 4. The van der Waals surface area contributed by atoms with Gasteiger partial charge in [-0.2, -0.15) is 0 Å². The number of halogens is 1. The first-order valence-corrected chi connectivity index (χ1v) is 7.03. The van der Waals surface area contributed by atoms with Crippen LogP contribution in [0, 0.1) is 0 Å². The van der Waals surface area contributed by atoms with Crippen LogP contribution in [0.3, 0.4) is 0 Å². The van der Waals surface area contributed by atoms with Crippen LogP contribution in [0.25, 0.3) is 0 Å². The third-order valence-corrected chi connectivity index (χ3v) is 3.59. The quantitative estimate of drug-likeness (QED) is 0.807. The third-order valence-electron chi connectivity index (χ3n) is 3.36. The van der Waals surface area contributed by atoms with Gasteiger partial charge < -0.3 is 4.90 Å². The number of anilines is 1. The second-order valence-corrected chi connectivity index (χ2v) is 6.54. The maximum Gasteiger partial charge on any atom is 0.133 e. The molecule has 0 N–H and O–H groups in total. The van der Waals surface area contributed by atoms with Crippen molar-refractivity contribution >= 4 is 17.4 Å². The summed E-state index contributed by atoms with van der Waals surface area (Å²) in [5.74, 6) is 1.81. The van der Waals surface area contributed by atoms with Gasteiger partial charge in [-0.1, -0.05) is 32.4 Å². The van der Waals surface area contributed by atoms with Gasteiger partial charge in [0.15, 0.2) is 0 Å². The van der Waals surface area contributed by atoms with Gasteiger partial charge in [-0.25, -0.2) is 15.0 Å². The summed E-state index contributed by atoms with van der Waals surface area (Å²) in [6.07, 6.45) is 3.62. The van der Waals surface area contributed by atoms with Gasteiger partial charge in [0.2, 0.25) is 0 Å². The molecule has 4 nitrogen and oxygen atoms in total. The van der Waals surface area contributed by atoms with Gasteiger partial charge in [0, 0.05) is 29.9 Å². The molecule has 0 radical (unpaired) electrons. The molecule has 0 fully saturated rings. The first-order chi connectivity index (χ1) is 9.43. The lowest BCUT2D eigenvalue weighted by atomic mass is 9.95. The van der Waals surface area contributed by atoms with Crippen LogP contribution < -0.4 is 4.90 Å². The Morgan fingerprint density at radius 2 is 1.90 bits per heavy atom. The van der Waals surface area contributed by atoms with E-state index in [9.17, 15) is 0 Å². The molecule has 0 saturated heterocycles. The number of fused-ring (bicyclic) bond motifs is 1. The zero-order valence-electron chi connectivity index (χ0n) is 11.9. The van der Waals surface area contributed by atoms with Gasteiger partial charge >= 0.3 is 0 Å². The maximum atomic E-state index is 5.88. The summed E-state index contributed by atoms with van der Waals surface area (Å²) in [5, 5.41) is 0.653. The van der Waals surface area contributed by atoms with Gasteiger partial charge in [-0.3, -0.25) is 0 Å². The SMILES string of the molecule is CC(C)(C)c1ncc2c(n1)CN(c1ccc(Cl)cn1)C2. The molecule has 0 aliphatic carbocycles. The molecule has 0 saturated carbocycles. The Kier molecular flexibility index (Phi) is 3.13. The lowest BCUT2D eigenvalue weighted by Gasteiger charge is -2.16. The monoisotopic (exact) mass is 288 g/mol. The van der Waals surface area contributed by atoms with Gasteiger partial charge in [-0.15, -0.1) is 0 Å². The van der Waals surface area contributed by atoms with Crippen LogP contribution in [0.4, 0.5) is 5.82 Å². The summed E-state index contributed by atoms with van der Waals surface area (Å²) < 4.78 is 0. The van der Waals surface area contributed by atoms with Gasteiger partial charge in [0.1, 0.15) is 11.6 Å². The lowest BCUT2D eigenvalue weighted by molar-refractivity contribution is 0.541. The van der Waals surface area contributed by atoms with Crippen LogP contribution in [-0.2, 0) is 18.5 Å². The first kappa shape index (κ1) is 13.3. The number of rotatable bonds is 1. The van der Waals surface area contributed by atoms with Crippen LogP contribution in [0.2, 0.25) is 5.02 Å². The molecule has 0 unspecified atom stereocenters. The molecule has 0 spiro atoms. The Morgan fingerprint density at radius 3 is 2.55 bits per heavy atom. The summed E-state index contributed by atoms with van der Waals surface area (Å²) in [4.78, 5) is 15.7. The van der Waals surface area contributed by atoms with Crippen LogP contribution in [0.1, 0.15) is 37.9 Å². The predicted molar refractivity (Wildman–Crippen MR) is 79.9 cm³/mol. The molecule has 3 heterocycles. The average Bonchev–Trinajstić information content (AvgIpc) is 2.81. The van der Waals surface area contributed by atoms with Crippen LogP contribution >= 0.6 is 11.6 Å².